The number of rotatable bonds is 3. The molecule has 0 atom stereocenters. The number of nitrogens with one attached hydrogen (secondary N) is 1. The minimum absolute atomic E-state index is 0.0270. The lowest BCUT2D eigenvalue weighted by molar-refractivity contribution is -0.0605. The zero-order chi connectivity index (χ0) is 13.9. The molecule has 2 heterocycles. The maximum absolute atomic E-state index is 11.9. The molecule has 1 aromatic rings. The molecule has 19 heavy (non-hydrogen) atoms. The van der Waals surface area contributed by atoms with Gasteiger partial charge in [0.15, 0.2) is 10.3 Å². The van der Waals surface area contributed by atoms with E-state index in [0.717, 1.165) is 0 Å². The van der Waals surface area contributed by atoms with Crippen molar-refractivity contribution < 1.29 is 14.6 Å². The van der Waals surface area contributed by atoms with Crippen LogP contribution in [0, 0.1) is 0 Å². The Kier molecular flexibility index (Phi) is 4.57. The van der Waals surface area contributed by atoms with Crippen molar-refractivity contribution in [1.29, 1.82) is 0 Å². The number of amides is 1. The van der Waals surface area contributed by atoms with Crippen molar-refractivity contribution in [3.63, 3.8) is 0 Å². The average Bonchev–Trinajstić information content (AvgIpc) is 2.40. The highest BCUT2D eigenvalue weighted by Crippen LogP contribution is 2.20. The third-order valence-electron chi connectivity index (χ3n) is 2.97. The van der Waals surface area contributed by atoms with Gasteiger partial charge < -0.3 is 15.2 Å². The Morgan fingerprint density at radius 1 is 1.42 bits per heavy atom. The summed E-state index contributed by atoms with van der Waals surface area (Å²) in [7, 11) is 0. The molecule has 1 aliphatic rings. The summed E-state index contributed by atoms with van der Waals surface area (Å²) in [5.74, 6) is -0.443. The molecule has 1 amide bonds. The van der Waals surface area contributed by atoms with Crippen LogP contribution < -0.4 is 5.32 Å². The van der Waals surface area contributed by atoms with Gasteiger partial charge in [-0.2, -0.15) is 0 Å². The normalized spacial score (nSPS) is 18.1. The lowest BCUT2D eigenvalue weighted by Crippen LogP contribution is -2.46. The van der Waals surface area contributed by atoms with E-state index >= 15 is 0 Å². The summed E-state index contributed by atoms with van der Waals surface area (Å²) in [6.45, 7) is 1.09. The summed E-state index contributed by atoms with van der Waals surface area (Å²) >= 11 is 11.4. The van der Waals surface area contributed by atoms with Crippen molar-refractivity contribution in [3.05, 3.63) is 21.9 Å². The maximum Gasteiger partial charge on any atom is 0.254 e. The van der Waals surface area contributed by atoms with Crippen LogP contribution in [-0.2, 0) is 4.74 Å². The van der Waals surface area contributed by atoms with Crippen LogP contribution in [0.25, 0.3) is 0 Å². The Morgan fingerprint density at radius 3 is 2.79 bits per heavy atom. The predicted octanol–water partition coefficient (Wildman–Crippen LogP) is 1.05. The third kappa shape index (κ3) is 3.76. The van der Waals surface area contributed by atoms with E-state index in [9.17, 15) is 9.90 Å². The van der Waals surface area contributed by atoms with E-state index in [4.69, 9.17) is 27.9 Å². The third-order valence-corrected chi connectivity index (χ3v) is 3.43. The number of halogens is 2. The van der Waals surface area contributed by atoms with Crippen LogP contribution in [0.4, 0.5) is 0 Å². The van der Waals surface area contributed by atoms with E-state index in [1.807, 2.05) is 0 Å². The van der Waals surface area contributed by atoms with Crippen molar-refractivity contribution in [2.75, 3.05) is 19.8 Å². The minimum Gasteiger partial charge on any atom is -0.388 e. The number of aromatic nitrogens is 2. The fraction of sp³-hybridized carbons (Fsp3) is 0.545. The van der Waals surface area contributed by atoms with Gasteiger partial charge in [-0.1, -0.05) is 23.2 Å². The van der Waals surface area contributed by atoms with Gasteiger partial charge in [0, 0.05) is 32.6 Å². The van der Waals surface area contributed by atoms with E-state index in [-0.39, 0.29) is 22.4 Å². The first-order chi connectivity index (χ1) is 9.00. The van der Waals surface area contributed by atoms with Gasteiger partial charge in [-0.15, -0.1) is 10.2 Å². The zero-order valence-corrected chi connectivity index (χ0v) is 11.5. The molecule has 1 aliphatic heterocycles. The molecule has 8 heteroatoms. The van der Waals surface area contributed by atoms with Crippen molar-refractivity contribution in [2.24, 2.45) is 0 Å². The van der Waals surface area contributed by atoms with Gasteiger partial charge in [0.05, 0.1) is 11.2 Å². The smallest absolute Gasteiger partial charge is 0.254 e. The van der Waals surface area contributed by atoms with Crippen LogP contribution in [0.15, 0.2) is 6.07 Å². The van der Waals surface area contributed by atoms with Crippen LogP contribution >= 0.6 is 23.2 Å². The minimum atomic E-state index is -0.940. The lowest BCUT2D eigenvalue weighted by Gasteiger charge is -2.32. The molecule has 104 valence electrons. The number of carbonyl (C=O) groups excluding carboxylic acids is 1. The van der Waals surface area contributed by atoms with Crippen LogP contribution in [0.1, 0.15) is 23.2 Å². The molecule has 0 unspecified atom stereocenters. The van der Waals surface area contributed by atoms with Crippen molar-refractivity contribution in [3.8, 4) is 0 Å². The zero-order valence-electron chi connectivity index (χ0n) is 10.0. The predicted molar refractivity (Wildman–Crippen MR) is 69.4 cm³/mol. The Morgan fingerprint density at radius 2 is 2.11 bits per heavy atom. The van der Waals surface area contributed by atoms with Gasteiger partial charge in [-0.05, 0) is 6.07 Å². The Hall–Kier alpha value is -0.950. The van der Waals surface area contributed by atoms with Gasteiger partial charge in [0.25, 0.3) is 5.91 Å². The van der Waals surface area contributed by atoms with Gasteiger partial charge in [-0.25, -0.2) is 0 Å². The number of aliphatic hydroxyl groups is 1. The number of nitrogens with zero attached hydrogens (tertiary/aromatic N) is 2. The number of hydrogen-bond donors (Lipinski definition) is 2. The Balaban J connectivity index is 1.99. The highest BCUT2D eigenvalue weighted by Gasteiger charge is 2.30. The average molecular weight is 306 g/mol. The topological polar surface area (TPSA) is 84.3 Å². The molecule has 0 spiro atoms. The number of carbonyl (C=O) groups is 1. The molecule has 1 fully saturated rings. The highest BCUT2D eigenvalue weighted by molar-refractivity contribution is 6.34. The summed E-state index contributed by atoms with van der Waals surface area (Å²) in [6.07, 6.45) is 0.965. The van der Waals surface area contributed by atoms with Crippen molar-refractivity contribution in [1.82, 2.24) is 15.5 Å². The van der Waals surface area contributed by atoms with Gasteiger partial charge in [-0.3, -0.25) is 4.79 Å². The first-order valence-electron chi connectivity index (χ1n) is 5.77. The summed E-state index contributed by atoms with van der Waals surface area (Å²) in [4.78, 5) is 11.9. The van der Waals surface area contributed by atoms with Crippen LogP contribution in [0.3, 0.4) is 0 Å². The number of hydrogen-bond acceptors (Lipinski definition) is 5. The molecular formula is C11H13Cl2N3O3. The van der Waals surface area contributed by atoms with Crippen LogP contribution in [-0.4, -0.2) is 46.6 Å². The Bertz CT molecular complexity index is 478. The van der Waals surface area contributed by atoms with E-state index in [1.165, 1.54) is 6.07 Å². The molecule has 0 radical (unpaired) electrons. The molecular weight excluding hydrogens is 293 g/mol. The number of ether oxygens (including phenoxy) is 1. The standard InChI is InChI=1S/C11H13Cl2N3O3/c12-8-5-7(9(13)16-15-8)10(17)14-6-11(18)1-3-19-4-2-11/h5,18H,1-4,6H2,(H,14,17). The van der Waals surface area contributed by atoms with E-state index < -0.39 is 11.5 Å². The van der Waals surface area contributed by atoms with Crippen LogP contribution in [0.5, 0.6) is 0 Å². The second-order valence-electron chi connectivity index (χ2n) is 4.39. The van der Waals surface area contributed by atoms with Crippen molar-refractivity contribution in [2.45, 2.75) is 18.4 Å². The Labute approximate surface area is 120 Å². The first kappa shape index (κ1) is 14.5. The molecule has 0 bridgehead atoms. The molecule has 0 aromatic carbocycles. The van der Waals surface area contributed by atoms with Crippen LogP contribution in [0.2, 0.25) is 10.3 Å². The monoisotopic (exact) mass is 305 g/mol. The first-order valence-corrected chi connectivity index (χ1v) is 6.53. The fourth-order valence-electron chi connectivity index (χ4n) is 1.78. The van der Waals surface area contributed by atoms with Gasteiger partial charge in [0.1, 0.15) is 0 Å². The quantitative estimate of drug-likeness (QED) is 0.872. The second kappa shape index (κ2) is 6.00. The maximum atomic E-state index is 11.9. The van der Waals surface area contributed by atoms with E-state index in [2.05, 4.69) is 15.5 Å². The second-order valence-corrected chi connectivity index (χ2v) is 5.14. The molecule has 6 nitrogen and oxygen atoms in total. The van der Waals surface area contributed by atoms with Crippen molar-refractivity contribution >= 4 is 29.1 Å². The molecule has 2 rings (SSSR count). The summed E-state index contributed by atoms with van der Waals surface area (Å²) < 4.78 is 5.16. The molecule has 1 saturated heterocycles. The summed E-state index contributed by atoms with van der Waals surface area (Å²) in [6, 6.07) is 1.33. The van der Waals surface area contributed by atoms with Gasteiger partial charge >= 0.3 is 0 Å². The van der Waals surface area contributed by atoms with E-state index in [1.54, 1.807) is 0 Å². The molecule has 1 aromatic heterocycles. The molecule has 2 N–H and O–H groups in total. The lowest BCUT2D eigenvalue weighted by atomic mass is 9.94. The molecule has 0 saturated carbocycles. The summed E-state index contributed by atoms with van der Waals surface area (Å²) in [5, 5.41) is 20.0. The largest absolute Gasteiger partial charge is 0.388 e. The summed E-state index contributed by atoms with van der Waals surface area (Å²) in [5.41, 5.74) is -0.803. The highest BCUT2D eigenvalue weighted by atomic mass is 35.5. The van der Waals surface area contributed by atoms with E-state index in [0.29, 0.717) is 26.1 Å². The fourth-order valence-corrected chi connectivity index (χ4v) is 2.11. The molecule has 0 aliphatic carbocycles. The SMILES string of the molecule is O=C(NCC1(O)CCOCC1)c1cc(Cl)nnc1Cl. The van der Waals surface area contributed by atoms with Gasteiger partial charge in [0.2, 0.25) is 0 Å².